The quantitative estimate of drug-likeness (QED) is 0.836. The molecule has 1 unspecified atom stereocenters. The predicted octanol–water partition coefficient (Wildman–Crippen LogP) is 1.24. The van der Waals surface area contributed by atoms with Crippen LogP contribution >= 0.6 is 0 Å². The number of aliphatic hydroxyl groups excluding tert-OH is 1. The highest BCUT2D eigenvalue weighted by Crippen LogP contribution is 2.39. The molecule has 1 aromatic rings. The van der Waals surface area contributed by atoms with Crippen molar-refractivity contribution in [3.63, 3.8) is 0 Å². The molecule has 3 rings (SSSR count). The van der Waals surface area contributed by atoms with Gasteiger partial charge in [0.25, 0.3) is 5.91 Å². The summed E-state index contributed by atoms with van der Waals surface area (Å²) in [4.78, 5) is 20.8. The molecule has 1 amide bonds. The molecular formula is C14H19N3O2. The van der Waals surface area contributed by atoms with Crippen molar-refractivity contribution in [1.82, 2.24) is 15.3 Å². The number of amides is 1. The average molecular weight is 261 g/mol. The van der Waals surface area contributed by atoms with E-state index in [0.717, 1.165) is 31.5 Å². The molecule has 0 aliphatic heterocycles. The second kappa shape index (κ2) is 4.56. The van der Waals surface area contributed by atoms with E-state index < -0.39 is 5.54 Å². The Morgan fingerprint density at radius 2 is 2.21 bits per heavy atom. The summed E-state index contributed by atoms with van der Waals surface area (Å²) in [5, 5.41) is 12.4. The largest absolute Gasteiger partial charge is 0.394 e. The van der Waals surface area contributed by atoms with Gasteiger partial charge in [-0.1, -0.05) is 0 Å². The third kappa shape index (κ3) is 2.61. The van der Waals surface area contributed by atoms with Crippen LogP contribution in [0.1, 0.15) is 54.8 Å². The fraction of sp³-hybridized carbons (Fsp3) is 0.643. The number of rotatable bonds is 5. The minimum Gasteiger partial charge on any atom is -0.394 e. The van der Waals surface area contributed by atoms with Crippen molar-refractivity contribution in [2.45, 2.75) is 44.1 Å². The number of aromatic nitrogens is 2. The molecule has 5 heteroatoms. The van der Waals surface area contributed by atoms with E-state index in [0.29, 0.717) is 17.5 Å². The number of carbonyl (C=O) groups excluding carboxylic acids is 1. The third-order valence-corrected chi connectivity index (χ3v) is 4.06. The Balaban J connectivity index is 1.74. The van der Waals surface area contributed by atoms with Gasteiger partial charge in [0.15, 0.2) is 0 Å². The number of nitrogens with one attached hydrogen (secondary N) is 1. The lowest BCUT2D eigenvalue weighted by molar-refractivity contribution is 0.0819. The van der Waals surface area contributed by atoms with E-state index in [1.807, 2.05) is 6.92 Å². The van der Waals surface area contributed by atoms with E-state index in [1.165, 1.54) is 0 Å². The van der Waals surface area contributed by atoms with Crippen LogP contribution in [-0.2, 0) is 0 Å². The summed E-state index contributed by atoms with van der Waals surface area (Å²) in [6, 6.07) is 1.63. The van der Waals surface area contributed by atoms with E-state index in [1.54, 1.807) is 12.3 Å². The number of nitrogens with zero attached hydrogens (tertiary/aromatic N) is 2. The maximum Gasteiger partial charge on any atom is 0.270 e. The van der Waals surface area contributed by atoms with Crippen molar-refractivity contribution in [1.29, 1.82) is 0 Å². The highest BCUT2D eigenvalue weighted by molar-refractivity contribution is 5.92. The van der Waals surface area contributed by atoms with Gasteiger partial charge in [0, 0.05) is 12.1 Å². The molecular weight excluding hydrogens is 242 g/mol. The number of aliphatic hydroxyl groups is 1. The van der Waals surface area contributed by atoms with Crippen LogP contribution in [0, 0.1) is 5.92 Å². The van der Waals surface area contributed by atoms with E-state index in [4.69, 9.17) is 0 Å². The lowest BCUT2D eigenvalue weighted by atomic mass is 9.97. The van der Waals surface area contributed by atoms with Gasteiger partial charge in [-0.05, 0) is 44.6 Å². The van der Waals surface area contributed by atoms with Gasteiger partial charge < -0.3 is 10.4 Å². The van der Waals surface area contributed by atoms with Crippen molar-refractivity contribution < 1.29 is 9.90 Å². The number of carbonyl (C=O) groups is 1. The first-order chi connectivity index (χ1) is 9.12. The normalized spacial score (nSPS) is 21.8. The van der Waals surface area contributed by atoms with Crippen LogP contribution in [0.5, 0.6) is 0 Å². The summed E-state index contributed by atoms with van der Waals surface area (Å²) in [7, 11) is 0. The molecule has 1 heterocycles. The average Bonchev–Trinajstić information content (AvgIpc) is 3.31. The summed E-state index contributed by atoms with van der Waals surface area (Å²) < 4.78 is 0. The number of hydrogen-bond donors (Lipinski definition) is 2. The first kappa shape index (κ1) is 12.5. The van der Waals surface area contributed by atoms with Gasteiger partial charge >= 0.3 is 0 Å². The van der Waals surface area contributed by atoms with E-state index in [9.17, 15) is 9.90 Å². The molecule has 102 valence electrons. The van der Waals surface area contributed by atoms with Crippen LogP contribution in [0.2, 0.25) is 0 Å². The molecule has 0 saturated heterocycles. The Hall–Kier alpha value is -1.49. The van der Waals surface area contributed by atoms with Crippen LogP contribution < -0.4 is 5.32 Å². The molecule has 0 radical (unpaired) electrons. The van der Waals surface area contributed by atoms with Gasteiger partial charge in [-0.15, -0.1) is 0 Å². The summed E-state index contributed by atoms with van der Waals surface area (Å²) >= 11 is 0. The molecule has 19 heavy (non-hydrogen) atoms. The van der Waals surface area contributed by atoms with E-state index >= 15 is 0 Å². The second-order valence-electron chi connectivity index (χ2n) is 5.88. The van der Waals surface area contributed by atoms with Gasteiger partial charge in [0.1, 0.15) is 11.5 Å². The summed E-state index contributed by atoms with van der Waals surface area (Å²) in [6.45, 7) is 1.86. The highest BCUT2D eigenvalue weighted by atomic mass is 16.3. The Labute approximate surface area is 112 Å². The maximum atomic E-state index is 12.2. The molecule has 1 aromatic heterocycles. The standard InChI is InChI=1S/C14H19N3O2/c1-14(8-18,10-4-5-10)17-13(19)11-6-7-15-12(16-11)9-2-3-9/h6-7,9-10,18H,2-5,8H2,1H3,(H,17,19). The van der Waals surface area contributed by atoms with Crippen LogP contribution in [0.15, 0.2) is 12.3 Å². The monoisotopic (exact) mass is 261 g/mol. The minimum absolute atomic E-state index is 0.0377. The summed E-state index contributed by atoms with van der Waals surface area (Å²) in [6.07, 6.45) is 5.99. The molecule has 2 N–H and O–H groups in total. The fourth-order valence-corrected chi connectivity index (χ4v) is 2.35. The summed E-state index contributed by atoms with van der Waals surface area (Å²) in [5.74, 6) is 1.36. The first-order valence-electron chi connectivity index (χ1n) is 6.89. The van der Waals surface area contributed by atoms with Gasteiger partial charge in [-0.3, -0.25) is 4.79 Å². The zero-order valence-corrected chi connectivity index (χ0v) is 11.1. The van der Waals surface area contributed by atoms with Crippen molar-refractivity contribution in [2.75, 3.05) is 6.61 Å². The second-order valence-corrected chi connectivity index (χ2v) is 5.88. The third-order valence-electron chi connectivity index (χ3n) is 4.06. The van der Waals surface area contributed by atoms with Crippen LogP contribution in [0.4, 0.5) is 0 Å². The van der Waals surface area contributed by atoms with Gasteiger partial charge in [-0.25, -0.2) is 9.97 Å². The van der Waals surface area contributed by atoms with Crippen LogP contribution in [-0.4, -0.2) is 33.1 Å². The SMILES string of the molecule is CC(CO)(NC(=O)c1ccnc(C2CC2)n1)C1CC1. The van der Waals surface area contributed by atoms with Crippen molar-refractivity contribution in [3.8, 4) is 0 Å². The number of hydrogen-bond acceptors (Lipinski definition) is 4. The molecule has 0 bridgehead atoms. The van der Waals surface area contributed by atoms with E-state index in [2.05, 4.69) is 15.3 Å². The van der Waals surface area contributed by atoms with Crippen molar-refractivity contribution in [2.24, 2.45) is 5.92 Å². The van der Waals surface area contributed by atoms with Gasteiger partial charge in [-0.2, -0.15) is 0 Å². The Morgan fingerprint density at radius 3 is 2.79 bits per heavy atom. The van der Waals surface area contributed by atoms with Gasteiger partial charge in [0.05, 0.1) is 12.1 Å². The van der Waals surface area contributed by atoms with Crippen LogP contribution in [0.3, 0.4) is 0 Å². The van der Waals surface area contributed by atoms with Crippen molar-refractivity contribution in [3.05, 3.63) is 23.8 Å². The topological polar surface area (TPSA) is 75.1 Å². The predicted molar refractivity (Wildman–Crippen MR) is 69.7 cm³/mol. The van der Waals surface area contributed by atoms with E-state index in [-0.39, 0.29) is 12.5 Å². The lowest BCUT2D eigenvalue weighted by Crippen LogP contribution is -2.51. The Kier molecular flexibility index (Phi) is 3.01. The summed E-state index contributed by atoms with van der Waals surface area (Å²) in [5.41, 5.74) is -0.126. The molecule has 5 nitrogen and oxygen atoms in total. The molecule has 2 fully saturated rings. The highest BCUT2D eigenvalue weighted by Gasteiger charge is 2.42. The first-order valence-corrected chi connectivity index (χ1v) is 6.89. The zero-order valence-electron chi connectivity index (χ0n) is 11.1. The molecule has 2 aliphatic carbocycles. The van der Waals surface area contributed by atoms with Crippen molar-refractivity contribution >= 4 is 5.91 Å². The lowest BCUT2D eigenvalue weighted by Gasteiger charge is -2.28. The molecule has 0 aromatic carbocycles. The van der Waals surface area contributed by atoms with Crippen LogP contribution in [0.25, 0.3) is 0 Å². The maximum absolute atomic E-state index is 12.2. The minimum atomic E-state index is -0.526. The molecule has 2 aliphatic rings. The Morgan fingerprint density at radius 1 is 1.47 bits per heavy atom. The molecule has 1 atom stereocenters. The smallest absolute Gasteiger partial charge is 0.270 e. The Bertz CT molecular complexity index is 497. The molecule has 2 saturated carbocycles. The zero-order chi connectivity index (χ0) is 13.5. The van der Waals surface area contributed by atoms with Gasteiger partial charge in [0.2, 0.25) is 0 Å². The molecule has 0 spiro atoms. The fourth-order valence-electron chi connectivity index (χ4n) is 2.35.